The van der Waals surface area contributed by atoms with Gasteiger partial charge in [-0.2, -0.15) is 0 Å². The number of nitrogens with zero attached hydrogens (tertiary/aromatic N) is 3. The molecular weight excluding hydrogens is 317 g/mol. The van der Waals surface area contributed by atoms with Gasteiger partial charge in [-0.15, -0.1) is 0 Å². The molecule has 4 rings (SSSR count). The van der Waals surface area contributed by atoms with Crippen molar-refractivity contribution in [2.45, 2.75) is 26.4 Å². The topological polar surface area (TPSA) is 28.5 Å². The number of carbonyl (C=O) groups is 1. The first-order valence-electron chi connectivity index (χ1n) is 9.03. The molecule has 0 fully saturated rings. The van der Waals surface area contributed by atoms with E-state index in [0.29, 0.717) is 5.39 Å². The Balaban J connectivity index is 1.82. The predicted molar refractivity (Wildman–Crippen MR) is 97.7 cm³/mol. The van der Waals surface area contributed by atoms with Crippen LogP contribution in [-0.4, -0.2) is 53.0 Å². The Labute approximate surface area is 147 Å². The van der Waals surface area contributed by atoms with Crippen LogP contribution in [0.2, 0.25) is 0 Å². The third-order valence-corrected chi connectivity index (χ3v) is 5.70. The zero-order valence-corrected chi connectivity index (χ0v) is 15.0. The molecule has 25 heavy (non-hydrogen) atoms. The van der Waals surface area contributed by atoms with E-state index in [1.807, 2.05) is 37.1 Å². The summed E-state index contributed by atoms with van der Waals surface area (Å²) in [7, 11) is 2.08. The van der Waals surface area contributed by atoms with Crippen LogP contribution >= 0.6 is 0 Å². The molecule has 1 amide bonds. The minimum Gasteiger partial charge on any atom is -0.345 e. The number of fused-ring (bicyclic) bond motifs is 2. The quantitative estimate of drug-likeness (QED) is 0.859. The third-order valence-electron chi connectivity index (χ3n) is 5.70. The SMILES string of the molecule is CCN(CC)C(=O)[C@@H]1C=C2c3ccc(F)c4ccn(c34)CC2N(C)C1. The van der Waals surface area contributed by atoms with Crippen LogP contribution in [0, 0.1) is 11.7 Å². The highest BCUT2D eigenvalue weighted by Gasteiger charge is 2.36. The van der Waals surface area contributed by atoms with E-state index < -0.39 is 0 Å². The molecule has 4 nitrogen and oxygen atoms in total. The Bertz CT molecular complexity index is 865. The summed E-state index contributed by atoms with van der Waals surface area (Å²) in [5, 5.41) is 0.664. The maximum Gasteiger partial charge on any atom is 0.230 e. The molecule has 1 aromatic heterocycles. The second kappa shape index (κ2) is 5.99. The number of benzene rings is 1. The molecule has 3 heterocycles. The molecule has 2 aliphatic heterocycles. The Hall–Kier alpha value is -2.14. The van der Waals surface area contributed by atoms with Crippen LogP contribution in [0.5, 0.6) is 0 Å². The first kappa shape index (κ1) is 16.3. The van der Waals surface area contributed by atoms with Crippen molar-refractivity contribution < 1.29 is 9.18 Å². The first-order valence-corrected chi connectivity index (χ1v) is 9.03. The summed E-state index contributed by atoms with van der Waals surface area (Å²) in [6, 6.07) is 5.49. The Morgan fingerprint density at radius 1 is 1.24 bits per heavy atom. The van der Waals surface area contributed by atoms with E-state index in [4.69, 9.17) is 0 Å². The molecule has 0 saturated carbocycles. The summed E-state index contributed by atoms with van der Waals surface area (Å²) in [6.07, 6.45) is 4.10. The molecule has 1 aromatic carbocycles. The van der Waals surface area contributed by atoms with Crippen LogP contribution in [0.25, 0.3) is 16.5 Å². The number of carbonyl (C=O) groups excluding carboxylic acids is 1. The Morgan fingerprint density at radius 2 is 2.00 bits per heavy atom. The van der Waals surface area contributed by atoms with E-state index in [9.17, 15) is 9.18 Å². The summed E-state index contributed by atoms with van der Waals surface area (Å²) in [5.74, 6) is -0.142. The van der Waals surface area contributed by atoms with E-state index >= 15 is 0 Å². The lowest BCUT2D eigenvalue weighted by Gasteiger charge is -2.41. The minimum absolute atomic E-state index is 0.141. The smallest absolute Gasteiger partial charge is 0.230 e. The molecule has 2 atom stereocenters. The molecule has 0 aliphatic carbocycles. The van der Waals surface area contributed by atoms with E-state index in [-0.39, 0.29) is 23.7 Å². The molecule has 2 aromatic rings. The van der Waals surface area contributed by atoms with Crippen molar-refractivity contribution in [3.8, 4) is 0 Å². The highest BCUT2D eigenvalue weighted by atomic mass is 19.1. The molecule has 0 saturated heterocycles. The van der Waals surface area contributed by atoms with E-state index in [2.05, 4.69) is 22.6 Å². The summed E-state index contributed by atoms with van der Waals surface area (Å²) in [4.78, 5) is 17.0. The molecule has 5 heteroatoms. The number of aromatic nitrogens is 1. The average molecular weight is 341 g/mol. The van der Waals surface area contributed by atoms with Gasteiger partial charge in [0.2, 0.25) is 5.91 Å². The van der Waals surface area contributed by atoms with Gasteiger partial charge in [0.25, 0.3) is 0 Å². The van der Waals surface area contributed by atoms with E-state index in [1.54, 1.807) is 6.07 Å². The summed E-state index contributed by atoms with van der Waals surface area (Å²) < 4.78 is 16.3. The Morgan fingerprint density at radius 3 is 2.72 bits per heavy atom. The molecule has 132 valence electrons. The van der Waals surface area contributed by atoms with Crippen LogP contribution in [0.4, 0.5) is 4.39 Å². The fraction of sp³-hybridized carbons (Fsp3) is 0.450. The van der Waals surface area contributed by atoms with Gasteiger partial charge in [0.05, 0.1) is 17.5 Å². The van der Waals surface area contributed by atoms with Crippen LogP contribution in [0.1, 0.15) is 19.4 Å². The van der Waals surface area contributed by atoms with Gasteiger partial charge in [-0.1, -0.05) is 6.08 Å². The van der Waals surface area contributed by atoms with E-state index in [0.717, 1.165) is 42.8 Å². The van der Waals surface area contributed by atoms with Gasteiger partial charge >= 0.3 is 0 Å². The van der Waals surface area contributed by atoms with Gasteiger partial charge in [-0.25, -0.2) is 4.39 Å². The molecule has 0 radical (unpaired) electrons. The summed E-state index contributed by atoms with van der Waals surface area (Å²) in [5.41, 5.74) is 3.17. The van der Waals surface area contributed by atoms with Gasteiger partial charge in [-0.05, 0) is 44.7 Å². The van der Waals surface area contributed by atoms with Crippen molar-refractivity contribution in [1.29, 1.82) is 0 Å². The van der Waals surface area contributed by atoms with Crippen molar-refractivity contribution in [1.82, 2.24) is 14.4 Å². The number of rotatable bonds is 3. The number of likely N-dealkylation sites (N-methyl/N-ethyl adjacent to an activating group) is 1. The largest absolute Gasteiger partial charge is 0.345 e. The number of hydrogen-bond donors (Lipinski definition) is 0. The van der Waals surface area contributed by atoms with Crippen LogP contribution in [0.15, 0.2) is 30.5 Å². The summed E-state index contributed by atoms with van der Waals surface area (Å²) >= 11 is 0. The van der Waals surface area contributed by atoms with Crippen molar-refractivity contribution in [2.24, 2.45) is 5.92 Å². The zero-order chi connectivity index (χ0) is 17.7. The fourth-order valence-electron chi connectivity index (χ4n) is 4.34. The second-order valence-electron chi connectivity index (χ2n) is 7.02. The summed E-state index contributed by atoms with van der Waals surface area (Å²) in [6.45, 7) is 7.01. The lowest BCUT2D eigenvalue weighted by atomic mass is 9.85. The third kappa shape index (κ3) is 2.41. The molecule has 1 unspecified atom stereocenters. The fourth-order valence-corrected chi connectivity index (χ4v) is 4.34. The zero-order valence-electron chi connectivity index (χ0n) is 15.0. The predicted octanol–water partition coefficient (Wildman–Crippen LogP) is 2.98. The lowest BCUT2D eigenvalue weighted by molar-refractivity contribution is -0.134. The first-order chi connectivity index (χ1) is 12.0. The molecule has 0 spiro atoms. The van der Waals surface area contributed by atoms with Crippen molar-refractivity contribution in [3.63, 3.8) is 0 Å². The molecule has 0 bridgehead atoms. The standard InChI is InChI=1S/C20H24FN3O/c1-4-23(5-2)20(25)13-10-16-14-6-7-17(21)15-8-9-24(19(14)15)12-18(16)22(3)11-13/h6-10,13,18H,4-5,11-12H2,1-3H3/t13-,18?/m1/s1. The van der Waals surface area contributed by atoms with E-state index in [1.165, 1.54) is 0 Å². The number of amides is 1. The Kier molecular flexibility index (Phi) is 3.91. The van der Waals surface area contributed by atoms with Gasteiger partial charge in [0.15, 0.2) is 0 Å². The van der Waals surface area contributed by atoms with Gasteiger partial charge in [0, 0.05) is 43.3 Å². The van der Waals surface area contributed by atoms with Gasteiger partial charge in [0.1, 0.15) is 5.82 Å². The molecular formula is C20H24FN3O. The van der Waals surface area contributed by atoms with Gasteiger partial charge in [-0.3, -0.25) is 9.69 Å². The van der Waals surface area contributed by atoms with Crippen molar-refractivity contribution in [3.05, 3.63) is 41.9 Å². The molecule has 0 N–H and O–H groups in total. The molecule has 2 aliphatic rings. The lowest BCUT2D eigenvalue weighted by Crippen LogP contribution is -2.48. The van der Waals surface area contributed by atoms with Gasteiger partial charge < -0.3 is 9.47 Å². The van der Waals surface area contributed by atoms with Crippen LogP contribution < -0.4 is 0 Å². The maximum atomic E-state index is 14.1. The monoisotopic (exact) mass is 341 g/mol. The maximum absolute atomic E-state index is 14.1. The highest BCUT2D eigenvalue weighted by molar-refractivity contribution is 5.96. The van der Waals surface area contributed by atoms with Crippen LogP contribution in [-0.2, 0) is 11.3 Å². The number of halogens is 1. The van der Waals surface area contributed by atoms with Crippen LogP contribution in [0.3, 0.4) is 0 Å². The van der Waals surface area contributed by atoms with Crippen molar-refractivity contribution >= 4 is 22.4 Å². The minimum atomic E-state index is -0.184. The van der Waals surface area contributed by atoms with Crippen molar-refractivity contribution in [2.75, 3.05) is 26.7 Å². The highest BCUT2D eigenvalue weighted by Crippen LogP contribution is 2.39. The normalized spacial score (nSPS) is 22.6. The second-order valence-corrected chi connectivity index (χ2v) is 7.02. The average Bonchev–Trinajstić information content (AvgIpc) is 3.04. The number of hydrogen-bond acceptors (Lipinski definition) is 2.